The number of sulfone groups is 1. The van der Waals surface area contributed by atoms with Crippen LogP contribution in [0, 0.1) is 0 Å². The molecule has 0 bridgehead atoms. The van der Waals surface area contributed by atoms with Crippen molar-refractivity contribution in [2.75, 3.05) is 45.2 Å². The maximum absolute atomic E-state index is 13.5. The van der Waals surface area contributed by atoms with Crippen LogP contribution in [0.25, 0.3) is 0 Å². The smallest absolute Gasteiger partial charge is 0.318 e. The van der Waals surface area contributed by atoms with E-state index in [0.29, 0.717) is 51.3 Å². The molecule has 0 saturated carbocycles. The lowest BCUT2D eigenvalue weighted by atomic mass is 9.97. The molecule has 3 heterocycles. The van der Waals surface area contributed by atoms with Gasteiger partial charge in [-0.05, 0) is 18.4 Å². The van der Waals surface area contributed by atoms with Crippen LogP contribution in [-0.2, 0) is 34.7 Å². The van der Waals surface area contributed by atoms with Gasteiger partial charge in [0.05, 0.1) is 30.8 Å². The Labute approximate surface area is 193 Å². The molecular formula is C22H29N3O7S. The number of likely N-dealkylation sites (tertiary alicyclic amines) is 1. The Morgan fingerprint density at radius 3 is 2.58 bits per heavy atom. The number of Topliss-reactive ketones (excluding diaryl/α,β-unsaturated/α-hetero) is 1. The van der Waals surface area contributed by atoms with Crippen molar-refractivity contribution in [2.45, 2.75) is 36.8 Å². The van der Waals surface area contributed by atoms with Crippen molar-refractivity contribution in [3.63, 3.8) is 0 Å². The number of carbonyl (C=O) groups is 3. The van der Waals surface area contributed by atoms with Gasteiger partial charge in [-0.1, -0.05) is 30.3 Å². The van der Waals surface area contributed by atoms with Crippen LogP contribution >= 0.6 is 0 Å². The van der Waals surface area contributed by atoms with Gasteiger partial charge in [0.15, 0.2) is 15.6 Å². The molecule has 180 valence electrons. The number of benzene rings is 1. The third kappa shape index (κ3) is 5.71. The summed E-state index contributed by atoms with van der Waals surface area (Å²) in [5.74, 6) is -1.57. The fraction of sp³-hybridized carbons (Fsp3) is 0.591. The molecule has 10 nitrogen and oxygen atoms in total. The van der Waals surface area contributed by atoms with Crippen LogP contribution in [-0.4, -0.2) is 99.3 Å². The summed E-state index contributed by atoms with van der Waals surface area (Å²) in [4.78, 5) is 41.7. The second-order valence-corrected chi connectivity index (χ2v) is 10.7. The molecule has 0 radical (unpaired) electrons. The summed E-state index contributed by atoms with van der Waals surface area (Å²) in [7, 11) is -3.75. The molecule has 3 amide bonds. The topological polar surface area (TPSA) is 122 Å². The molecule has 33 heavy (non-hydrogen) atoms. The Morgan fingerprint density at radius 1 is 1.12 bits per heavy atom. The molecule has 0 aromatic heterocycles. The van der Waals surface area contributed by atoms with Gasteiger partial charge < -0.3 is 24.6 Å². The summed E-state index contributed by atoms with van der Waals surface area (Å²) in [5, 5.41) is 2.63. The Balaban J connectivity index is 1.54. The van der Waals surface area contributed by atoms with E-state index in [0.717, 1.165) is 0 Å². The SMILES string of the molecule is O=C1COC2CCCN(C(=O)C(CS(=O)(=O)Cc3ccccc3)NC(=O)N3CCOCC3)C12. The summed E-state index contributed by atoms with van der Waals surface area (Å²) < 4.78 is 36.8. The number of nitrogens with zero attached hydrogens (tertiary/aromatic N) is 2. The summed E-state index contributed by atoms with van der Waals surface area (Å²) >= 11 is 0. The van der Waals surface area contributed by atoms with Gasteiger partial charge in [0.25, 0.3) is 0 Å². The van der Waals surface area contributed by atoms with E-state index in [1.165, 1.54) is 9.80 Å². The molecule has 3 unspecified atom stereocenters. The second kappa shape index (κ2) is 10.2. The van der Waals surface area contributed by atoms with Gasteiger partial charge in [-0.25, -0.2) is 13.2 Å². The van der Waals surface area contributed by atoms with E-state index in [1.807, 2.05) is 0 Å². The van der Waals surface area contributed by atoms with Crippen LogP contribution in [0.3, 0.4) is 0 Å². The van der Waals surface area contributed by atoms with Crippen molar-refractivity contribution < 1.29 is 32.3 Å². The number of urea groups is 1. The minimum absolute atomic E-state index is 0.0593. The number of amides is 3. The van der Waals surface area contributed by atoms with Gasteiger partial charge in [-0.3, -0.25) is 9.59 Å². The van der Waals surface area contributed by atoms with Crippen LogP contribution in [0.15, 0.2) is 30.3 Å². The molecule has 3 fully saturated rings. The maximum atomic E-state index is 13.5. The number of hydrogen-bond donors (Lipinski definition) is 1. The number of hydrogen-bond acceptors (Lipinski definition) is 7. The van der Waals surface area contributed by atoms with Crippen molar-refractivity contribution in [2.24, 2.45) is 0 Å². The largest absolute Gasteiger partial charge is 0.378 e. The van der Waals surface area contributed by atoms with Crippen LogP contribution in [0.1, 0.15) is 18.4 Å². The Morgan fingerprint density at radius 2 is 1.85 bits per heavy atom. The zero-order valence-electron chi connectivity index (χ0n) is 18.4. The van der Waals surface area contributed by atoms with Crippen LogP contribution in [0.2, 0.25) is 0 Å². The number of piperidine rings is 1. The van der Waals surface area contributed by atoms with Crippen LogP contribution in [0.5, 0.6) is 0 Å². The fourth-order valence-electron chi connectivity index (χ4n) is 4.56. The number of ether oxygens (including phenoxy) is 2. The van der Waals surface area contributed by atoms with Gasteiger partial charge in [0.2, 0.25) is 5.91 Å². The number of ketones is 1. The highest BCUT2D eigenvalue weighted by Gasteiger charge is 2.46. The second-order valence-electron chi connectivity index (χ2n) is 8.58. The van der Waals surface area contributed by atoms with E-state index in [2.05, 4.69) is 5.32 Å². The first-order valence-electron chi connectivity index (χ1n) is 11.2. The minimum Gasteiger partial charge on any atom is -0.378 e. The molecule has 0 aliphatic carbocycles. The highest BCUT2D eigenvalue weighted by molar-refractivity contribution is 7.90. The number of nitrogens with one attached hydrogen (secondary N) is 1. The van der Waals surface area contributed by atoms with Crippen molar-refractivity contribution in [3.8, 4) is 0 Å². The van der Waals surface area contributed by atoms with Crippen molar-refractivity contribution in [3.05, 3.63) is 35.9 Å². The van der Waals surface area contributed by atoms with E-state index in [9.17, 15) is 22.8 Å². The molecule has 11 heteroatoms. The first-order valence-corrected chi connectivity index (χ1v) is 13.0. The van der Waals surface area contributed by atoms with E-state index >= 15 is 0 Å². The molecule has 3 saturated heterocycles. The highest BCUT2D eigenvalue weighted by atomic mass is 32.2. The summed E-state index contributed by atoms with van der Waals surface area (Å²) in [6.45, 7) is 1.71. The molecule has 0 spiro atoms. The fourth-order valence-corrected chi connectivity index (χ4v) is 6.11. The monoisotopic (exact) mass is 479 g/mol. The van der Waals surface area contributed by atoms with Crippen LogP contribution < -0.4 is 5.32 Å². The summed E-state index contributed by atoms with van der Waals surface area (Å²) in [6, 6.07) is 6.12. The Bertz CT molecular complexity index is 979. The predicted molar refractivity (Wildman–Crippen MR) is 118 cm³/mol. The lowest BCUT2D eigenvalue weighted by Crippen LogP contribution is -2.61. The molecule has 1 aromatic carbocycles. The van der Waals surface area contributed by atoms with Gasteiger partial charge in [-0.2, -0.15) is 0 Å². The van der Waals surface area contributed by atoms with Gasteiger partial charge in [0.1, 0.15) is 18.7 Å². The first-order chi connectivity index (χ1) is 15.8. The highest BCUT2D eigenvalue weighted by Crippen LogP contribution is 2.27. The quantitative estimate of drug-likeness (QED) is 0.608. The molecule has 3 aliphatic heterocycles. The lowest BCUT2D eigenvalue weighted by Gasteiger charge is -2.38. The molecule has 4 rings (SSSR count). The minimum atomic E-state index is -3.75. The van der Waals surface area contributed by atoms with E-state index in [1.54, 1.807) is 30.3 Å². The zero-order chi connectivity index (χ0) is 23.4. The molecule has 1 aromatic rings. The lowest BCUT2D eigenvalue weighted by molar-refractivity contribution is -0.142. The van der Waals surface area contributed by atoms with E-state index < -0.39 is 39.6 Å². The number of rotatable bonds is 6. The van der Waals surface area contributed by atoms with Crippen LogP contribution in [0.4, 0.5) is 4.79 Å². The zero-order valence-corrected chi connectivity index (χ0v) is 19.2. The molecule has 3 aliphatic rings. The average molecular weight is 480 g/mol. The van der Waals surface area contributed by atoms with E-state index in [-0.39, 0.29) is 24.2 Å². The predicted octanol–water partition coefficient (Wildman–Crippen LogP) is -0.0293. The Hall–Kier alpha value is -2.50. The van der Waals surface area contributed by atoms with E-state index in [4.69, 9.17) is 9.47 Å². The first kappa shape index (κ1) is 23.7. The molecule has 1 N–H and O–H groups in total. The molecule has 3 atom stereocenters. The van der Waals surface area contributed by atoms with Crippen molar-refractivity contribution in [1.29, 1.82) is 0 Å². The maximum Gasteiger partial charge on any atom is 0.318 e. The summed E-state index contributed by atoms with van der Waals surface area (Å²) in [5.41, 5.74) is 0.598. The van der Waals surface area contributed by atoms with Crippen molar-refractivity contribution in [1.82, 2.24) is 15.1 Å². The summed E-state index contributed by atoms with van der Waals surface area (Å²) in [6.07, 6.45) is 0.921. The number of carbonyl (C=O) groups excluding carboxylic acids is 3. The average Bonchev–Trinajstić information content (AvgIpc) is 3.20. The van der Waals surface area contributed by atoms with Gasteiger partial charge >= 0.3 is 6.03 Å². The normalized spacial score (nSPS) is 24.3. The third-order valence-electron chi connectivity index (χ3n) is 6.17. The number of fused-ring (bicyclic) bond motifs is 1. The molecular weight excluding hydrogens is 450 g/mol. The number of morpholine rings is 1. The van der Waals surface area contributed by atoms with Gasteiger partial charge in [-0.15, -0.1) is 0 Å². The van der Waals surface area contributed by atoms with Crippen molar-refractivity contribution >= 4 is 27.6 Å². The third-order valence-corrected chi connectivity index (χ3v) is 7.79. The standard InChI is InChI=1S/C22H29N3O7S/c26-18-13-32-19-7-4-8-25(20(18)19)21(27)17(23-22(28)24-9-11-31-12-10-24)15-33(29,30)14-16-5-2-1-3-6-16/h1-3,5-6,17,19-20H,4,7-15H2,(H,23,28). The Kier molecular flexibility index (Phi) is 7.30. The van der Waals surface area contributed by atoms with Gasteiger partial charge in [0, 0.05) is 19.6 Å².